The Balaban J connectivity index is 2.08. The Morgan fingerprint density at radius 1 is 1.53 bits per heavy atom. The summed E-state index contributed by atoms with van der Waals surface area (Å²) in [6.07, 6.45) is 1.61. The highest BCUT2D eigenvalue weighted by Crippen LogP contribution is 2.24. The minimum Gasteiger partial charge on any atom is -0.338 e. The smallest absolute Gasteiger partial charge is 0.223 e. The Kier molecular flexibility index (Phi) is 3.82. The second-order valence-electron chi connectivity index (χ2n) is 4.49. The molecule has 0 bridgehead atoms. The molecule has 1 amide bonds. The molecule has 0 saturated carbocycles. The number of hydrogen-bond acceptors (Lipinski definition) is 1. The summed E-state index contributed by atoms with van der Waals surface area (Å²) < 4.78 is 14.4. The van der Waals surface area contributed by atoms with Gasteiger partial charge in [-0.3, -0.25) is 4.79 Å². The average molecular weight is 300 g/mol. The van der Waals surface area contributed by atoms with Gasteiger partial charge in [0.15, 0.2) is 0 Å². The van der Waals surface area contributed by atoms with Crippen LogP contribution in [0.4, 0.5) is 4.39 Å². The van der Waals surface area contributed by atoms with Crippen molar-refractivity contribution >= 4 is 21.8 Å². The van der Waals surface area contributed by atoms with E-state index < -0.39 is 0 Å². The van der Waals surface area contributed by atoms with E-state index in [2.05, 4.69) is 22.9 Å². The summed E-state index contributed by atoms with van der Waals surface area (Å²) >= 11 is 3.22. The summed E-state index contributed by atoms with van der Waals surface area (Å²) in [4.78, 5) is 13.5. The van der Waals surface area contributed by atoms with E-state index in [4.69, 9.17) is 0 Å². The predicted molar refractivity (Wildman–Crippen MR) is 67.9 cm³/mol. The number of likely N-dealkylation sites (tertiary alicyclic amines) is 1. The van der Waals surface area contributed by atoms with Crippen LogP contribution in [0.5, 0.6) is 0 Å². The number of hydrogen-bond donors (Lipinski definition) is 0. The van der Waals surface area contributed by atoms with Crippen molar-refractivity contribution in [3.8, 4) is 0 Å². The van der Waals surface area contributed by atoms with Gasteiger partial charge in [0.1, 0.15) is 5.82 Å². The minimum atomic E-state index is -0.257. The topological polar surface area (TPSA) is 20.3 Å². The van der Waals surface area contributed by atoms with E-state index in [0.717, 1.165) is 17.4 Å². The van der Waals surface area contributed by atoms with Crippen LogP contribution in [0.25, 0.3) is 0 Å². The number of benzene rings is 1. The molecule has 1 aliphatic rings. The molecule has 1 aliphatic heterocycles. The number of halogens is 2. The molecule has 4 heteroatoms. The van der Waals surface area contributed by atoms with E-state index in [9.17, 15) is 9.18 Å². The molecule has 1 unspecified atom stereocenters. The Hall–Kier alpha value is -0.900. The second-order valence-corrected chi connectivity index (χ2v) is 5.40. The number of nitrogens with zero attached hydrogens (tertiary/aromatic N) is 1. The van der Waals surface area contributed by atoms with Crippen LogP contribution < -0.4 is 0 Å². The molecule has 92 valence electrons. The number of amides is 1. The van der Waals surface area contributed by atoms with Crippen LogP contribution in [-0.2, 0) is 11.3 Å². The van der Waals surface area contributed by atoms with Gasteiger partial charge < -0.3 is 4.90 Å². The van der Waals surface area contributed by atoms with Crippen LogP contribution >= 0.6 is 15.9 Å². The first-order chi connectivity index (χ1) is 8.10. The van der Waals surface area contributed by atoms with Crippen LogP contribution in [0.1, 0.15) is 25.3 Å². The van der Waals surface area contributed by atoms with Gasteiger partial charge in [-0.25, -0.2) is 4.39 Å². The lowest BCUT2D eigenvalue weighted by Crippen LogP contribution is -2.25. The van der Waals surface area contributed by atoms with Crippen LogP contribution in [0.2, 0.25) is 0 Å². The van der Waals surface area contributed by atoms with E-state index in [1.807, 2.05) is 0 Å². The van der Waals surface area contributed by atoms with Gasteiger partial charge in [-0.1, -0.05) is 35.3 Å². The molecule has 0 radical (unpaired) electrons. The molecule has 0 spiro atoms. The molecule has 2 nitrogen and oxygen atoms in total. The minimum absolute atomic E-state index is 0.138. The summed E-state index contributed by atoms with van der Waals surface area (Å²) in [5.74, 6) is 0.312. The van der Waals surface area contributed by atoms with E-state index >= 15 is 0 Å². The fourth-order valence-electron chi connectivity index (χ4n) is 2.14. The van der Waals surface area contributed by atoms with Crippen LogP contribution in [-0.4, -0.2) is 17.4 Å². The zero-order valence-corrected chi connectivity index (χ0v) is 11.3. The SMILES string of the molecule is CCC1CC(=O)N(Cc2ccc(Br)cc2F)C1. The molecule has 1 aromatic carbocycles. The molecule has 2 rings (SSSR count). The second kappa shape index (κ2) is 5.17. The van der Waals surface area contributed by atoms with Gasteiger partial charge in [-0.2, -0.15) is 0 Å². The summed E-state index contributed by atoms with van der Waals surface area (Å²) in [5, 5.41) is 0. The van der Waals surface area contributed by atoms with E-state index in [1.165, 1.54) is 6.07 Å². The maximum atomic E-state index is 13.6. The van der Waals surface area contributed by atoms with Crippen molar-refractivity contribution in [3.05, 3.63) is 34.1 Å². The molecule has 1 fully saturated rings. The van der Waals surface area contributed by atoms with Crippen molar-refractivity contribution in [1.29, 1.82) is 0 Å². The third-order valence-electron chi connectivity index (χ3n) is 3.25. The van der Waals surface area contributed by atoms with Crippen molar-refractivity contribution in [1.82, 2.24) is 4.90 Å². The van der Waals surface area contributed by atoms with Gasteiger partial charge in [0, 0.05) is 29.5 Å². The van der Waals surface area contributed by atoms with E-state index in [0.29, 0.717) is 24.4 Å². The van der Waals surface area contributed by atoms with Crippen molar-refractivity contribution in [2.24, 2.45) is 5.92 Å². The number of carbonyl (C=O) groups excluding carboxylic acids is 1. The molecule has 0 aliphatic carbocycles. The Morgan fingerprint density at radius 3 is 2.88 bits per heavy atom. The summed E-state index contributed by atoms with van der Waals surface area (Å²) in [7, 11) is 0. The predicted octanol–water partition coefficient (Wildman–Crippen LogP) is 3.35. The monoisotopic (exact) mass is 299 g/mol. The molecule has 1 saturated heterocycles. The molecule has 0 aromatic heterocycles. The van der Waals surface area contributed by atoms with Crippen LogP contribution in [0, 0.1) is 11.7 Å². The molecular formula is C13H15BrFNO. The number of carbonyl (C=O) groups is 1. The lowest BCUT2D eigenvalue weighted by atomic mass is 10.1. The average Bonchev–Trinajstić information content (AvgIpc) is 2.64. The molecule has 1 aromatic rings. The van der Waals surface area contributed by atoms with Crippen LogP contribution in [0.3, 0.4) is 0 Å². The highest BCUT2D eigenvalue weighted by Gasteiger charge is 2.28. The lowest BCUT2D eigenvalue weighted by molar-refractivity contribution is -0.128. The Bertz CT molecular complexity index is 435. The first kappa shape index (κ1) is 12.6. The van der Waals surface area contributed by atoms with Crippen molar-refractivity contribution in [2.45, 2.75) is 26.3 Å². The maximum absolute atomic E-state index is 13.6. The largest absolute Gasteiger partial charge is 0.338 e. The zero-order valence-electron chi connectivity index (χ0n) is 9.75. The fourth-order valence-corrected chi connectivity index (χ4v) is 2.47. The lowest BCUT2D eigenvalue weighted by Gasteiger charge is -2.17. The first-order valence-corrected chi connectivity index (χ1v) is 6.61. The molecule has 1 heterocycles. The maximum Gasteiger partial charge on any atom is 0.223 e. The van der Waals surface area contributed by atoms with Crippen molar-refractivity contribution in [3.63, 3.8) is 0 Å². The number of rotatable bonds is 3. The third kappa shape index (κ3) is 2.86. The van der Waals surface area contributed by atoms with Crippen LogP contribution in [0.15, 0.2) is 22.7 Å². The summed E-state index contributed by atoms with van der Waals surface area (Å²) in [5.41, 5.74) is 0.582. The first-order valence-electron chi connectivity index (χ1n) is 5.82. The van der Waals surface area contributed by atoms with Gasteiger partial charge in [-0.05, 0) is 18.1 Å². The van der Waals surface area contributed by atoms with Gasteiger partial charge in [0.05, 0.1) is 0 Å². The van der Waals surface area contributed by atoms with Gasteiger partial charge in [0.2, 0.25) is 5.91 Å². The summed E-state index contributed by atoms with van der Waals surface area (Å²) in [6.45, 7) is 3.22. The van der Waals surface area contributed by atoms with Crippen molar-refractivity contribution in [2.75, 3.05) is 6.54 Å². The van der Waals surface area contributed by atoms with E-state index in [-0.39, 0.29) is 11.7 Å². The molecular weight excluding hydrogens is 285 g/mol. The highest BCUT2D eigenvalue weighted by atomic mass is 79.9. The van der Waals surface area contributed by atoms with Crippen molar-refractivity contribution < 1.29 is 9.18 Å². The quantitative estimate of drug-likeness (QED) is 0.838. The normalized spacial score (nSPS) is 20.1. The Labute approximate surface area is 109 Å². The third-order valence-corrected chi connectivity index (χ3v) is 3.74. The highest BCUT2D eigenvalue weighted by molar-refractivity contribution is 9.10. The van der Waals surface area contributed by atoms with E-state index in [1.54, 1.807) is 17.0 Å². The fraction of sp³-hybridized carbons (Fsp3) is 0.462. The van der Waals surface area contributed by atoms with Gasteiger partial charge in [0.25, 0.3) is 0 Å². The Morgan fingerprint density at radius 2 is 2.29 bits per heavy atom. The summed E-state index contributed by atoms with van der Waals surface area (Å²) in [6, 6.07) is 4.97. The molecule has 1 atom stereocenters. The molecule has 17 heavy (non-hydrogen) atoms. The van der Waals surface area contributed by atoms with Gasteiger partial charge in [-0.15, -0.1) is 0 Å². The zero-order chi connectivity index (χ0) is 12.4. The van der Waals surface area contributed by atoms with Gasteiger partial charge >= 0.3 is 0 Å². The standard InChI is InChI=1S/C13H15BrFNO/c1-2-9-5-13(17)16(7-9)8-10-3-4-11(14)6-12(10)15/h3-4,6,9H,2,5,7-8H2,1H3. The molecule has 0 N–H and O–H groups in total.